The van der Waals surface area contributed by atoms with E-state index in [2.05, 4.69) is 41.6 Å². The van der Waals surface area contributed by atoms with E-state index < -0.39 is 0 Å². The molecule has 1 saturated heterocycles. The third-order valence-electron chi connectivity index (χ3n) is 4.03. The van der Waals surface area contributed by atoms with Gasteiger partial charge in [-0.05, 0) is 36.6 Å². The minimum absolute atomic E-state index is 0.0448. The number of carbonyl (C=O) groups is 1. The minimum Gasteiger partial charge on any atom is -0.507 e. The third kappa shape index (κ3) is 4.71. The van der Waals surface area contributed by atoms with Gasteiger partial charge in [0, 0.05) is 30.7 Å². The molecule has 0 saturated carbocycles. The summed E-state index contributed by atoms with van der Waals surface area (Å²) in [5.74, 6) is -0.0439. The molecule has 0 bridgehead atoms. The van der Waals surface area contributed by atoms with Crippen LogP contribution in [0.15, 0.2) is 22.7 Å². The van der Waals surface area contributed by atoms with E-state index in [9.17, 15) is 9.90 Å². The number of piperazine rings is 1. The Kier molecular flexibility index (Phi) is 5.50. The Morgan fingerprint density at radius 2 is 1.86 bits per heavy atom. The maximum absolute atomic E-state index is 12.5. The number of hydrogen-bond donors (Lipinski definition) is 1. The van der Waals surface area contributed by atoms with Gasteiger partial charge in [0.15, 0.2) is 0 Å². The van der Waals surface area contributed by atoms with Crippen LogP contribution in [0.1, 0.15) is 37.6 Å². The molecule has 2 rings (SSSR count). The highest BCUT2D eigenvalue weighted by Crippen LogP contribution is 2.24. The molecule has 1 aliphatic heterocycles. The van der Waals surface area contributed by atoms with Crippen LogP contribution < -0.4 is 0 Å². The number of hydrogen-bond acceptors (Lipinski definition) is 3. The van der Waals surface area contributed by atoms with Gasteiger partial charge in [0.05, 0.1) is 5.56 Å². The molecule has 0 radical (unpaired) electrons. The molecular weight excluding hydrogens is 344 g/mol. The van der Waals surface area contributed by atoms with Crippen LogP contribution in [0.4, 0.5) is 0 Å². The largest absolute Gasteiger partial charge is 0.507 e. The zero-order chi connectivity index (χ0) is 16.3. The van der Waals surface area contributed by atoms with Crippen LogP contribution >= 0.6 is 15.9 Å². The van der Waals surface area contributed by atoms with Crippen molar-refractivity contribution in [2.45, 2.75) is 27.2 Å². The predicted molar refractivity (Wildman–Crippen MR) is 92.2 cm³/mol. The molecule has 0 unspecified atom stereocenters. The van der Waals surface area contributed by atoms with Gasteiger partial charge in [-0.15, -0.1) is 0 Å². The van der Waals surface area contributed by atoms with Crippen LogP contribution in [0.25, 0.3) is 0 Å². The zero-order valence-electron chi connectivity index (χ0n) is 13.6. The number of aromatic hydroxyl groups is 1. The van der Waals surface area contributed by atoms with E-state index in [4.69, 9.17) is 0 Å². The quantitative estimate of drug-likeness (QED) is 0.889. The topological polar surface area (TPSA) is 43.8 Å². The van der Waals surface area contributed by atoms with Gasteiger partial charge in [0.1, 0.15) is 5.75 Å². The summed E-state index contributed by atoms with van der Waals surface area (Å²) in [6.45, 7) is 11.1. The van der Waals surface area contributed by atoms with Crippen molar-refractivity contribution >= 4 is 21.8 Å². The van der Waals surface area contributed by atoms with E-state index in [0.29, 0.717) is 11.0 Å². The molecule has 1 N–H and O–H groups in total. The Morgan fingerprint density at radius 3 is 2.45 bits per heavy atom. The van der Waals surface area contributed by atoms with E-state index in [-0.39, 0.29) is 11.7 Å². The van der Waals surface area contributed by atoms with Gasteiger partial charge < -0.3 is 10.0 Å². The zero-order valence-corrected chi connectivity index (χ0v) is 15.2. The first-order valence-electron chi connectivity index (χ1n) is 7.76. The summed E-state index contributed by atoms with van der Waals surface area (Å²) < 4.78 is 0.803. The molecule has 1 aromatic rings. The fourth-order valence-electron chi connectivity index (χ4n) is 2.52. The van der Waals surface area contributed by atoms with Gasteiger partial charge in [-0.25, -0.2) is 0 Å². The summed E-state index contributed by atoms with van der Waals surface area (Å²) in [7, 11) is 0. The molecule has 0 spiro atoms. The standard InChI is InChI=1S/C17H25BrN2O2/c1-17(2,3)6-7-19-8-10-20(11-9-19)16(22)14-12-13(18)4-5-15(14)21/h4-5,12,21H,6-11H2,1-3H3. The molecule has 0 atom stereocenters. The van der Waals surface area contributed by atoms with Crippen LogP contribution in [0.3, 0.4) is 0 Å². The van der Waals surface area contributed by atoms with Crippen molar-refractivity contribution in [2.24, 2.45) is 5.41 Å². The van der Waals surface area contributed by atoms with Crippen LogP contribution in [-0.2, 0) is 0 Å². The van der Waals surface area contributed by atoms with Crippen molar-refractivity contribution in [3.63, 3.8) is 0 Å². The van der Waals surface area contributed by atoms with Gasteiger partial charge in [0.2, 0.25) is 0 Å². The Balaban J connectivity index is 1.91. The first kappa shape index (κ1) is 17.3. The lowest BCUT2D eigenvalue weighted by Gasteiger charge is -2.36. The number of rotatable bonds is 3. The van der Waals surface area contributed by atoms with Gasteiger partial charge in [-0.3, -0.25) is 9.69 Å². The third-order valence-corrected chi connectivity index (χ3v) is 4.52. The number of nitrogens with zero attached hydrogens (tertiary/aromatic N) is 2. The summed E-state index contributed by atoms with van der Waals surface area (Å²) in [6.07, 6.45) is 1.16. The molecule has 22 heavy (non-hydrogen) atoms. The molecule has 1 fully saturated rings. The first-order valence-corrected chi connectivity index (χ1v) is 8.56. The fourth-order valence-corrected chi connectivity index (χ4v) is 2.88. The van der Waals surface area contributed by atoms with Crippen molar-refractivity contribution in [3.05, 3.63) is 28.2 Å². The van der Waals surface area contributed by atoms with Crippen LogP contribution in [0.2, 0.25) is 0 Å². The van der Waals surface area contributed by atoms with Crippen molar-refractivity contribution in [2.75, 3.05) is 32.7 Å². The predicted octanol–water partition coefficient (Wildman–Crippen LogP) is 3.35. The molecule has 0 aliphatic carbocycles. The number of benzene rings is 1. The average Bonchev–Trinajstić information content (AvgIpc) is 2.47. The molecule has 4 nitrogen and oxygen atoms in total. The summed E-state index contributed by atoms with van der Waals surface area (Å²) >= 11 is 3.35. The molecule has 1 amide bonds. The number of phenolic OH excluding ortho intramolecular Hbond substituents is 1. The van der Waals surface area contributed by atoms with E-state index >= 15 is 0 Å². The second kappa shape index (κ2) is 7.01. The second-order valence-corrected chi connectivity index (χ2v) is 8.02. The maximum Gasteiger partial charge on any atom is 0.257 e. The van der Waals surface area contributed by atoms with Crippen molar-refractivity contribution in [1.82, 2.24) is 9.80 Å². The van der Waals surface area contributed by atoms with Gasteiger partial charge in [-0.1, -0.05) is 36.7 Å². The Labute approximate surface area is 141 Å². The highest BCUT2D eigenvalue weighted by Gasteiger charge is 2.24. The SMILES string of the molecule is CC(C)(C)CCN1CCN(C(=O)c2cc(Br)ccc2O)CC1. The maximum atomic E-state index is 12.5. The van der Waals surface area contributed by atoms with E-state index in [0.717, 1.165) is 43.6 Å². The molecule has 1 aliphatic rings. The van der Waals surface area contributed by atoms with E-state index in [1.54, 1.807) is 18.2 Å². The normalized spacial score (nSPS) is 16.8. The summed E-state index contributed by atoms with van der Waals surface area (Å²) in [5.41, 5.74) is 0.715. The molecule has 122 valence electrons. The Morgan fingerprint density at radius 1 is 1.23 bits per heavy atom. The van der Waals surface area contributed by atoms with E-state index in [1.165, 1.54) is 0 Å². The monoisotopic (exact) mass is 368 g/mol. The lowest BCUT2D eigenvalue weighted by Crippen LogP contribution is -2.49. The molecule has 1 heterocycles. The van der Waals surface area contributed by atoms with Crippen molar-refractivity contribution in [3.8, 4) is 5.75 Å². The molecular formula is C17H25BrN2O2. The van der Waals surface area contributed by atoms with Gasteiger partial charge in [-0.2, -0.15) is 0 Å². The summed E-state index contributed by atoms with van der Waals surface area (Å²) in [4.78, 5) is 16.8. The van der Waals surface area contributed by atoms with Gasteiger partial charge in [0.25, 0.3) is 5.91 Å². The summed E-state index contributed by atoms with van der Waals surface area (Å²) in [5, 5.41) is 9.88. The fraction of sp³-hybridized carbons (Fsp3) is 0.588. The van der Waals surface area contributed by atoms with Crippen LogP contribution in [0.5, 0.6) is 5.75 Å². The highest BCUT2D eigenvalue weighted by molar-refractivity contribution is 9.10. The minimum atomic E-state index is -0.0886. The Hall–Kier alpha value is -1.07. The van der Waals surface area contributed by atoms with Crippen LogP contribution in [0, 0.1) is 5.41 Å². The van der Waals surface area contributed by atoms with E-state index in [1.807, 2.05) is 4.90 Å². The second-order valence-electron chi connectivity index (χ2n) is 7.11. The molecule has 5 heteroatoms. The number of amides is 1. The number of carbonyl (C=O) groups excluding carboxylic acids is 1. The van der Waals surface area contributed by atoms with Crippen molar-refractivity contribution in [1.29, 1.82) is 0 Å². The number of phenols is 1. The first-order chi connectivity index (χ1) is 10.3. The smallest absolute Gasteiger partial charge is 0.257 e. The lowest BCUT2D eigenvalue weighted by molar-refractivity contribution is 0.0620. The van der Waals surface area contributed by atoms with Crippen LogP contribution in [-0.4, -0.2) is 53.5 Å². The summed E-state index contributed by atoms with van der Waals surface area (Å²) in [6, 6.07) is 4.97. The Bertz CT molecular complexity index is 532. The number of halogens is 1. The van der Waals surface area contributed by atoms with Gasteiger partial charge >= 0.3 is 0 Å². The lowest BCUT2D eigenvalue weighted by atomic mass is 9.92. The van der Waals surface area contributed by atoms with Crippen molar-refractivity contribution < 1.29 is 9.90 Å². The highest BCUT2D eigenvalue weighted by atomic mass is 79.9. The molecule has 1 aromatic carbocycles. The average molecular weight is 369 g/mol. The molecule has 0 aromatic heterocycles.